The summed E-state index contributed by atoms with van der Waals surface area (Å²) >= 11 is 1.96. The summed E-state index contributed by atoms with van der Waals surface area (Å²) in [5, 5.41) is 9.15. The normalized spacial score (nSPS) is 12.8. The van der Waals surface area contributed by atoms with Gasteiger partial charge in [0.15, 0.2) is 0 Å². The van der Waals surface area contributed by atoms with Gasteiger partial charge < -0.3 is 5.11 Å². The van der Waals surface area contributed by atoms with Gasteiger partial charge in [-0.05, 0) is 25.0 Å². The lowest BCUT2D eigenvalue weighted by Gasteiger charge is -2.13. The molecule has 0 aromatic heterocycles. The molecule has 1 N–H and O–H groups in total. The molecule has 0 saturated carbocycles. The fourth-order valence-electron chi connectivity index (χ4n) is 1.35. The Hall–Kier alpha value is -0.180. The van der Waals surface area contributed by atoms with Crippen LogP contribution in [0.4, 0.5) is 0 Å². The van der Waals surface area contributed by atoms with Crippen LogP contribution in [0.2, 0.25) is 0 Å². The van der Waals surface area contributed by atoms with Crippen LogP contribution in [0.1, 0.15) is 46.0 Å². The molecular formula is C10H20O2S. The molecule has 0 aliphatic rings. The Kier molecular flexibility index (Phi) is 8.30. The number of carboxylic acid groups (broad SMARTS) is 1. The second-order valence-corrected chi connectivity index (χ2v) is 4.73. The van der Waals surface area contributed by atoms with E-state index in [1.165, 1.54) is 12.8 Å². The fraction of sp³-hybridized carbons (Fsp3) is 0.900. The van der Waals surface area contributed by atoms with Crippen LogP contribution in [0.15, 0.2) is 0 Å². The Morgan fingerprint density at radius 3 is 2.54 bits per heavy atom. The monoisotopic (exact) mass is 204 g/mol. The highest BCUT2D eigenvalue weighted by molar-refractivity contribution is 7.99. The lowest BCUT2D eigenvalue weighted by Crippen LogP contribution is -2.04. The fourth-order valence-corrected chi connectivity index (χ4v) is 2.56. The second-order valence-electron chi connectivity index (χ2n) is 3.15. The van der Waals surface area contributed by atoms with Gasteiger partial charge in [0.1, 0.15) is 0 Å². The van der Waals surface area contributed by atoms with E-state index in [9.17, 15) is 4.79 Å². The van der Waals surface area contributed by atoms with E-state index in [-0.39, 0.29) is 0 Å². The van der Waals surface area contributed by atoms with Crippen molar-refractivity contribution in [3.8, 4) is 0 Å². The SMILES string of the molecule is CCCC(CCCC(=O)O)SCC. The maximum absolute atomic E-state index is 10.3. The van der Waals surface area contributed by atoms with Crippen molar-refractivity contribution < 1.29 is 9.90 Å². The lowest BCUT2D eigenvalue weighted by molar-refractivity contribution is -0.137. The van der Waals surface area contributed by atoms with Crippen molar-refractivity contribution in [1.82, 2.24) is 0 Å². The number of thioether (sulfide) groups is 1. The summed E-state index contributed by atoms with van der Waals surface area (Å²) in [4.78, 5) is 10.3. The Bertz CT molecular complexity index is 131. The minimum absolute atomic E-state index is 0.324. The summed E-state index contributed by atoms with van der Waals surface area (Å²) in [7, 11) is 0. The van der Waals surface area contributed by atoms with Crippen molar-refractivity contribution in [3.05, 3.63) is 0 Å². The number of rotatable bonds is 8. The van der Waals surface area contributed by atoms with Crippen LogP contribution in [0.3, 0.4) is 0 Å². The zero-order valence-corrected chi connectivity index (χ0v) is 9.40. The summed E-state index contributed by atoms with van der Waals surface area (Å²) in [6.07, 6.45) is 4.62. The van der Waals surface area contributed by atoms with Gasteiger partial charge in [-0.15, -0.1) is 0 Å². The van der Waals surface area contributed by atoms with Crippen molar-refractivity contribution in [2.75, 3.05) is 5.75 Å². The van der Waals surface area contributed by atoms with Gasteiger partial charge >= 0.3 is 5.97 Å². The van der Waals surface area contributed by atoms with E-state index >= 15 is 0 Å². The zero-order valence-electron chi connectivity index (χ0n) is 8.58. The van der Waals surface area contributed by atoms with Crippen molar-refractivity contribution in [2.45, 2.75) is 51.2 Å². The predicted molar refractivity (Wildman–Crippen MR) is 58.3 cm³/mol. The van der Waals surface area contributed by atoms with Crippen LogP contribution in [0.5, 0.6) is 0 Å². The molecule has 13 heavy (non-hydrogen) atoms. The molecule has 0 bridgehead atoms. The largest absolute Gasteiger partial charge is 0.481 e. The smallest absolute Gasteiger partial charge is 0.303 e. The first-order valence-electron chi connectivity index (χ1n) is 5.04. The molecule has 0 aromatic rings. The molecule has 0 radical (unpaired) electrons. The Balaban J connectivity index is 3.49. The topological polar surface area (TPSA) is 37.3 Å². The summed E-state index contributed by atoms with van der Waals surface area (Å²) in [5.41, 5.74) is 0. The average Bonchev–Trinajstić information content (AvgIpc) is 2.04. The van der Waals surface area contributed by atoms with Crippen molar-refractivity contribution in [3.63, 3.8) is 0 Å². The zero-order chi connectivity index (χ0) is 10.1. The van der Waals surface area contributed by atoms with Gasteiger partial charge in [-0.2, -0.15) is 11.8 Å². The highest BCUT2D eigenvalue weighted by Crippen LogP contribution is 2.21. The third kappa shape index (κ3) is 8.16. The molecule has 0 amide bonds. The molecule has 78 valence electrons. The van der Waals surface area contributed by atoms with Crippen molar-refractivity contribution in [1.29, 1.82) is 0 Å². The van der Waals surface area contributed by atoms with E-state index < -0.39 is 5.97 Å². The van der Waals surface area contributed by atoms with Crippen molar-refractivity contribution >= 4 is 17.7 Å². The van der Waals surface area contributed by atoms with Crippen LogP contribution >= 0.6 is 11.8 Å². The van der Waals surface area contributed by atoms with Crippen LogP contribution in [0.25, 0.3) is 0 Å². The molecule has 3 heteroatoms. The van der Waals surface area contributed by atoms with Crippen LogP contribution in [0, 0.1) is 0 Å². The number of aliphatic carboxylic acids is 1. The molecule has 2 nitrogen and oxygen atoms in total. The Labute approximate surface area is 85.1 Å². The minimum atomic E-state index is -0.670. The molecule has 0 aliphatic heterocycles. The number of hydrogen-bond acceptors (Lipinski definition) is 2. The summed E-state index contributed by atoms with van der Waals surface area (Å²) in [5.74, 6) is 0.467. The molecule has 0 aliphatic carbocycles. The van der Waals surface area contributed by atoms with E-state index in [2.05, 4.69) is 13.8 Å². The van der Waals surface area contributed by atoms with Gasteiger partial charge in [0.2, 0.25) is 0 Å². The van der Waals surface area contributed by atoms with Crippen LogP contribution < -0.4 is 0 Å². The van der Waals surface area contributed by atoms with E-state index in [1.807, 2.05) is 11.8 Å². The maximum Gasteiger partial charge on any atom is 0.303 e. The molecule has 1 unspecified atom stereocenters. The second kappa shape index (κ2) is 8.42. The highest BCUT2D eigenvalue weighted by Gasteiger charge is 2.07. The summed E-state index contributed by atoms with van der Waals surface area (Å²) < 4.78 is 0. The first kappa shape index (κ1) is 12.8. The van der Waals surface area contributed by atoms with E-state index in [4.69, 9.17) is 5.11 Å². The van der Waals surface area contributed by atoms with Crippen LogP contribution in [-0.4, -0.2) is 22.1 Å². The number of hydrogen-bond donors (Lipinski definition) is 1. The van der Waals surface area contributed by atoms with Crippen molar-refractivity contribution in [2.24, 2.45) is 0 Å². The number of carbonyl (C=O) groups is 1. The minimum Gasteiger partial charge on any atom is -0.481 e. The molecule has 0 fully saturated rings. The lowest BCUT2D eigenvalue weighted by atomic mass is 10.1. The maximum atomic E-state index is 10.3. The summed E-state index contributed by atoms with van der Waals surface area (Å²) in [6, 6.07) is 0. The van der Waals surface area contributed by atoms with E-state index in [1.54, 1.807) is 0 Å². The van der Waals surface area contributed by atoms with Gasteiger partial charge in [0, 0.05) is 11.7 Å². The molecule has 0 aromatic carbocycles. The molecule has 1 atom stereocenters. The van der Waals surface area contributed by atoms with Crippen LogP contribution in [-0.2, 0) is 4.79 Å². The first-order chi connectivity index (χ1) is 6.20. The van der Waals surface area contributed by atoms with E-state index in [0.717, 1.165) is 18.6 Å². The molecule has 0 spiro atoms. The van der Waals surface area contributed by atoms with Gasteiger partial charge in [-0.25, -0.2) is 0 Å². The third-order valence-electron chi connectivity index (χ3n) is 1.93. The van der Waals surface area contributed by atoms with Gasteiger partial charge in [-0.3, -0.25) is 4.79 Å². The van der Waals surface area contributed by atoms with Gasteiger partial charge in [0.25, 0.3) is 0 Å². The average molecular weight is 204 g/mol. The molecule has 0 saturated heterocycles. The standard InChI is InChI=1S/C10H20O2S/c1-3-6-9(13-4-2)7-5-8-10(11)12/h9H,3-8H2,1-2H3,(H,11,12). The van der Waals surface area contributed by atoms with Gasteiger partial charge in [0.05, 0.1) is 0 Å². The highest BCUT2D eigenvalue weighted by atomic mass is 32.2. The van der Waals surface area contributed by atoms with E-state index in [0.29, 0.717) is 11.7 Å². The summed E-state index contributed by atoms with van der Waals surface area (Å²) in [6.45, 7) is 4.34. The quantitative estimate of drug-likeness (QED) is 0.660. The first-order valence-corrected chi connectivity index (χ1v) is 6.09. The molecule has 0 heterocycles. The van der Waals surface area contributed by atoms with Gasteiger partial charge in [-0.1, -0.05) is 20.3 Å². The third-order valence-corrected chi connectivity index (χ3v) is 3.21. The Morgan fingerprint density at radius 2 is 2.08 bits per heavy atom. The number of carboxylic acids is 1. The Morgan fingerprint density at radius 1 is 1.38 bits per heavy atom. The predicted octanol–water partition coefficient (Wildman–Crippen LogP) is 3.16. The molecule has 0 rings (SSSR count). The molecular weight excluding hydrogens is 184 g/mol.